The van der Waals surface area contributed by atoms with Gasteiger partial charge in [0.1, 0.15) is 57.9 Å². The zero-order chi connectivity index (χ0) is 41.7. The first kappa shape index (κ1) is 44.3. The first-order valence-corrected chi connectivity index (χ1v) is 16.8. The second kappa shape index (κ2) is 20.6. The molecule has 0 aliphatic carbocycles. The van der Waals surface area contributed by atoms with Crippen LogP contribution in [0.2, 0.25) is 0 Å². The zero-order valence-electron chi connectivity index (χ0n) is 30.9. The Hall–Kier alpha value is -6.06. The number of carbonyl (C=O) groups is 4. The Bertz CT molecular complexity index is 1960. The van der Waals surface area contributed by atoms with Crippen LogP contribution in [0.25, 0.3) is 0 Å². The maximum absolute atomic E-state index is 14.2. The van der Waals surface area contributed by atoms with Gasteiger partial charge in [0, 0.05) is 61.1 Å². The zero-order valence-corrected chi connectivity index (χ0v) is 30.9. The van der Waals surface area contributed by atoms with E-state index in [1.54, 1.807) is 13.0 Å². The molecule has 0 fully saturated rings. The lowest BCUT2D eigenvalue weighted by molar-refractivity contribution is -0.143. The number of carbonyl (C=O) groups excluding carboxylic acids is 3. The van der Waals surface area contributed by atoms with Crippen LogP contribution in [0.3, 0.4) is 0 Å². The number of rotatable bonds is 17. The summed E-state index contributed by atoms with van der Waals surface area (Å²) in [4.78, 5) is 48.6. The number of ether oxygens (including phenoxy) is 5. The van der Waals surface area contributed by atoms with Gasteiger partial charge >= 0.3 is 11.9 Å². The highest BCUT2D eigenvalue weighted by Crippen LogP contribution is 2.35. The SMILES string of the molecule is CCOC(=O)CCC(C(=O)c1c(F)cc(F)cc1F)c1cc(OC)cc(OC)c1.COc1cc(OC)cc(C(CCC(=O)O)C(=O)c2c(F)cc(F)cc2F)c1. The van der Waals surface area contributed by atoms with E-state index in [-0.39, 0.29) is 31.4 Å². The van der Waals surface area contributed by atoms with Gasteiger partial charge in [-0.05, 0) is 55.2 Å². The molecule has 0 bridgehead atoms. The quantitative estimate of drug-likeness (QED) is 0.0631. The topological polar surface area (TPSA) is 135 Å². The van der Waals surface area contributed by atoms with Crippen LogP contribution in [0.15, 0.2) is 60.7 Å². The Kier molecular flexibility index (Phi) is 16.3. The fraction of sp³-hybridized carbons (Fsp3) is 0.300. The van der Waals surface area contributed by atoms with E-state index in [1.807, 2.05) is 0 Å². The standard InChI is InChI=1S/C21H21F3O5.C19H17F3O5/c1-4-29-19(25)6-5-16(12-7-14(27-2)11-15(8-12)28-3)21(26)20-17(23)9-13(22)10-18(20)24;1-26-12-5-10(6-13(9-12)27-2)14(3-4-17(23)24)19(25)18-15(21)7-11(20)8-16(18)22/h7-11,16H,4-6H2,1-3H3;5-9,14H,3-4H2,1-2H3,(H,23,24). The molecule has 2 unspecified atom stereocenters. The fourth-order valence-electron chi connectivity index (χ4n) is 5.63. The number of Topliss-reactive ketones (excluding diaryl/α,β-unsaturated/α-hetero) is 2. The molecule has 10 nitrogen and oxygen atoms in total. The number of esters is 1. The minimum absolute atomic E-state index is 0.0791. The molecule has 0 amide bonds. The van der Waals surface area contributed by atoms with Gasteiger partial charge < -0.3 is 28.8 Å². The molecule has 0 heterocycles. The number of carboxylic acid groups (broad SMARTS) is 1. The van der Waals surface area contributed by atoms with Crippen LogP contribution >= 0.6 is 0 Å². The van der Waals surface area contributed by atoms with E-state index < -0.39 is 87.8 Å². The number of benzene rings is 4. The Morgan fingerprint density at radius 1 is 0.536 bits per heavy atom. The van der Waals surface area contributed by atoms with Gasteiger partial charge in [-0.2, -0.15) is 0 Å². The summed E-state index contributed by atoms with van der Waals surface area (Å²) in [5, 5.41) is 8.95. The van der Waals surface area contributed by atoms with E-state index >= 15 is 0 Å². The van der Waals surface area contributed by atoms with Crippen LogP contribution in [-0.4, -0.2) is 63.7 Å². The Morgan fingerprint density at radius 2 is 0.857 bits per heavy atom. The van der Waals surface area contributed by atoms with Crippen LogP contribution in [0.1, 0.15) is 76.3 Å². The Labute approximate surface area is 317 Å². The molecule has 0 spiro atoms. The summed E-state index contributed by atoms with van der Waals surface area (Å²) in [5.41, 5.74) is -1.20. The summed E-state index contributed by atoms with van der Waals surface area (Å²) in [5.74, 6) is -12.3. The maximum atomic E-state index is 14.2. The van der Waals surface area contributed by atoms with E-state index in [2.05, 4.69) is 0 Å². The van der Waals surface area contributed by atoms with Crippen LogP contribution in [0.5, 0.6) is 23.0 Å². The lowest BCUT2D eigenvalue weighted by Gasteiger charge is -2.19. The highest BCUT2D eigenvalue weighted by Gasteiger charge is 2.31. The molecule has 0 aliphatic rings. The largest absolute Gasteiger partial charge is 0.497 e. The molecule has 16 heteroatoms. The summed E-state index contributed by atoms with van der Waals surface area (Å²) >= 11 is 0. The molecule has 0 radical (unpaired) electrons. The summed E-state index contributed by atoms with van der Waals surface area (Å²) in [6.07, 6.45) is -0.875. The lowest BCUT2D eigenvalue weighted by atomic mass is 9.86. The van der Waals surface area contributed by atoms with Gasteiger partial charge in [0.05, 0.1) is 46.2 Å². The minimum Gasteiger partial charge on any atom is -0.497 e. The van der Waals surface area contributed by atoms with Crippen LogP contribution in [-0.2, 0) is 14.3 Å². The number of halogens is 6. The molecule has 56 heavy (non-hydrogen) atoms. The molecule has 4 rings (SSSR count). The van der Waals surface area contributed by atoms with E-state index in [4.69, 9.17) is 28.8 Å². The Morgan fingerprint density at radius 3 is 1.14 bits per heavy atom. The first-order chi connectivity index (χ1) is 26.6. The van der Waals surface area contributed by atoms with Crippen LogP contribution in [0.4, 0.5) is 26.3 Å². The predicted octanol–water partition coefficient (Wildman–Crippen LogP) is 8.38. The molecule has 1 N–H and O–H groups in total. The van der Waals surface area contributed by atoms with Crippen molar-refractivity contribution >= 4 is 23.5 Å². The summed E-state index contributed by atoms with van der Waals surface area (Å²) in [7, 11) is 5.58. The number of ketones is 2. The fourth-order valence-corrected chi connectivity index (χ4v) is 5.63. The third-order valence-corrected chi connectivity index (χ3v) is 8.28. The third kappa shape index (κ3) is 11.7. The summed E-state index contributed by atoms with van der Waals surface area (Å²) < 4.78 is 108. The van der Waals surface area contributed by atoms with Crippen molar-refractivity contribution < 1.29 is 74.3 Å². The molecule has 300 valence electrons. The summed E-state index contributed by atoms with van der Waals surface area (Å²) in [6.45, 7) is 1.79. The average Bonchev–Trinajstić information content (AvgIpc) is 3.14. The predicted molar refractivity (Wildman–Crippen MR) is 189 cm³/mol. The van der Waals surface area contributed by atoms with Gasteiger partial charge in [-0.1, -0.05) is 0 Å². The molecule has 0 aromatic heterocycles. The normalized spacial score (nSPS) is 11.7. The highest BCUT2D eigenvalue weighted by molar-refractivity contribution is 6.02. The number of carboxylic acids is 1. The molecule has 0 aliphatic heterocycles. The van der Waals surface area contributed by atoms with Crippen molar-refractivity contribution in [3.05, 3.63) is 118 Å². The van der Waals surface area contributed by atoms with Gasteiger partial charge in [-0.15, -0.1) is 0 Å². The van der Waals surface area contributed by atoms with Crippen molar-refractivity contribution in [3.63, 3.8) is 0 Å². The molecular formula is C40H38F6O10. The average molecular weight is 793 g/mol. The van der Waals surface area contributed by atoms with E-state index in [0.717, 1.165) is 0 Å². The second-order valence-corrected chi connectivity index (χ2v) is 11.9. The molecule has 0 saturated carbocycles. The number of hydrogen-bond donors (Lipinski definition) is 1. The van der Waals surface area contributed by atoms with E-state index in [1.165, 1.54) is 58.8 Å². The van der Waals surface area contributed by atoms with Crippen molar-refractivity contribution in [2.24, 2.45) is 0 Å². The van der Waals surface area contributed by atoms with Crippen molar-refractivity contribution in [3.8, 4) is 23.0 Å². The number of methoxy groups -OCH3 is 4. The molecular weight excluding hydrogens is 754 g/mol. The van der Waals surface area contributed by atoms with Gasteiger partial charge in [0.25, 0.3) is 0 Å². The Balaban J connectivity index is 0.000000301. The van der Waals surface area contributed by atoms with Crippen molar-refractivity contribution in [2.45, 2.75) is 44.4 Å². The van der Waals surface area contributed by atoms with Gasteiger partial charge in [-0.3, -0.25) is 19.2 Å². The van der Waals surface area contributed by atoms with E-state index in [0.29, 0.717) is 52.8 Å². The van der Waals surface area contributed by atoms with Crippen molar-refractivity contribution in [1.29, 1.82) is 0 Å². The maximum Gasteiger partial charge on any atom is 0.305 e. The van der Waals surface area contributed by atoms with Crippen molar-refractivity contribution in [2.75, 3.05) is 35.0 Å². The lowest BCUT2D eigenvalue weighted by Crippen LogP contribution is -2.19. The number of hydrogen-bond acceptors (Lipinski definition) is 9. The van der Waals surface area contributed by atoms with E-state index in [9.17, 15) is 45.5 Å². The smallest absolute Gasteiger partial charge is 0.305 e. The highest BCUT2D eigenvalue weighted by atomic mass is 19.2. The van der Waals surface area contributed by atoms with Gasteiger partial charge in [-0.25, -0.2) is 26.3 Å². The van der Waals surface area contributed by atoms with Crippen molar-refractivity contribution in [1.82, 2.24) is 0 Å². The first-order valence-electron chi connectivity index (χ1n) is 16.8. The summed E-state index contributed by atoms with van der Waals surface area (Å²) in [6, 6.07) is 10.7. The van der Waals surface area contributed by atoms with Crippen LogP contribution in [0, 0.1) is 34.9 Å². The monoisotopic (exact) mass is 792 g/mol. The molecule has 4 aromatic rings. The minimum atomic E-state index is -1.35. The third-order valence-electron chi connectivity index (χ3n) is 8.28. The second-order valence-electron chi connectivity index (χ2n) is 11.9. The molecule has 0 saturated heterocycles. The van der Waals surface area contributed by atoms with Gasteiger partial charge in [0.15, 0.2) is 11.6 Å². The van der Waals surface area contributed by atoms with Gasteiger partial charge in [0.2, 0.25) is 0 Å². The molecule has 4 aromatic carbocycles. The number of aliphatic carboxylic acids is 1. The molecule has 2 atom stereocenters. The van der Waals surface area contributed by atoms with Crippen LogP contribution < -0.4 is 18.9 Å².